The predicted octanol–water partition coefficient (Wildman–Crippen LogP) is 1.55. The average Bonchev–Trinajstić information content (AvgIpc) is 2.38. The van der Waals surface area contributed by atoms with Gasteiger partial charge in [-0.15, -0.1) is 0 Å². The van der Waals surface area contributed by atoms with Gasteiger partial charge in [0, 0.05) is 39.2 Å². The topological polar surface area (TPSA) is 53.9 Å². The fourth-order valence-electron chi connectivity index (χ4n) is 1.36. The second-order valence-corrected chi connectivity index (χ2v) is 3.85. The van der Waals surface area contributed by atoms with E-state index in [9.17, 15) is 0 Å². The van der Waals surface area contributed by atoms with Crippen LogP contribution in [0.15, 0.2) is 36.8 Å². The van der Waals surface area contributed by atoms with Crippen molar-refractivity contribution < 1.29 is 0 Å². The number of nitrogens with zero attached hydrogens (tertiary/aromatic N) is 4. The third-order valence-corrected chi connectivity index (χ3v) is 2.24. The second kappa shape index (κ2) is 5.25. The average molecular weight is 229 g/mol. The molecule has 0 amide bonds. The Balaban J connectivity index is 2.02. The summed E-state index contributed by atoms with van der Waals surface area (Å²) < 4.78 is 0. The fraction of sp³-hybridized carbons (Fsp3) is 0.250. The zero-order valence-corrected chi connectivity index (χ0v) is 9.96. The lowest BCUT2D eigenvalue weighted by Crippen LogP contribution is -2.13. The van der Waals surface area contributed by atoms with Crippen LogP contribution in [0.3, 0.4) is 0 Å². The van der Waals surface area contributed by atoms with E-state index in [0.717, 1.165) is 11.4 Å². The van der Waals surface area contributed by atoms with Crippen molar-refractivity contribution in [1.82, 2.24) is 15.0 Å². The summed E-state index contributed by atoms with van der Waals surface area (Å²) in [5.41, 5.74) is 1.12. The number of pyridine rings is 1. The number of hydrogen-bond donors (Lipinski definition) is 1. The van der Waals surface area contributed by atoms with Crippen LogP contribution in [0.25, 0.3) is 0 Å². The molecule has 2 aromatic rings. The summed E-state index contributed by atoms with van der Waals surface area (Å²) >= 11 is 0. The van der Waals surface area contributed by atoms with E-state index in [1.54, 1.807) is 12.4 Å². The van der Waals surface area contributed by atoms with Crippen LogP contribution in [0.4, 0.5) is 11.8 Å². The van der Waals surface area contributed by atoms with Gasteiger partial charge in [-0.2, -0.15) is 4.98 Å². The van der Waals surface area contributed by atoms with Crippen molar-refractivity contribution >= 4 is 11.8 Å². The van der Waals surface area contributed by atoms with Crippen molar-refractivity contribution in [1.29, 1.82) is 0 Å². The highest BCUT2D eigenvalue weighted by atomic mass is 15.2. The van der Waals surface area contributed by atoms with Crippen molar-refractivity contribution in [3.63, 3.8) is 0 Å². The molecule has 0 unspecified atom stereocenters. The summed E-state index contributed by atoms with van der Waals surface area (Å²) in [6.07, 6.45) is 5.34. The summed E-state index contributed by atoms with van der Waals surface area (Å²) in [5, 5.41) is 3.24. The molecule has 2 aromatic heterocycles. The zero-order chi connectivity index (χ0) is 12.1. The van der Waals surface area contributed by atoms with Crippen molar-refractivity contribution in [2.24, 2.45) is 0 Å². The highest BCUT2D eigenvalue weighted by Gasteiger charge is 2.00. The minimum absolute atomic E-state index is 0.696. The minimum Gasteiger partial charge on any atom is -0.366 e. The highest BCUT2D eigenvalue weighted by Crippen LogP contribution is 2.09. The maximum atomic E-state index is 4.37. The first-order valence-electron chi connectivity index (χ1n) is 5.39. The van der Waals surface area contributed by atoms with Crippen LogP contribution >= 0.6 is 0 Å². The Hall–Kier alpha value is -2.17. The molecule has 5 heteroatoms. The maximum absolute atomic E-state index is 4.37. The van der Waals surface area contributed by atoms with Gasteiger partial charge in [0.1, 0.15) is 5.82 Å². The molecule has 2 heterocycles. The van der Waals surface area contributed by atoms with Crippen LogP contribution in [-0.4, -0.2) is 29.0 Å². The number of hydrogen-bond acceptors (Lipinski definition) is 5. The van der Waals surface area contributed by atoms with Crippen molar-refractivity contribution in [2.45, 2.75) is 6.54 Å². The third kappa shape index (κ3) is 3.14. The minimum atomic E-state index is 0.696. The summed E-state index contributed by atoms with van der Waals surface area (Å²) in [6.45, 7) is 0.706. The van der Waals surface area contributed by atoms with Gasteiger partial charge in [-0.05, 0) is 17.7 Å². The smallest absolute Gasteiger partial charge is 0.226 e. The van der Waals surface area contributed by atoms with Crippen LogP contribution < -0.4 is 10.2 Å². The monoisotopic (exact) mass is 229 g/mol. The molecule has 0 aromatic carbocycles. The van der Waals surface area contributed by atoms with Gasteiger partial charge in [-0.1, -0.05) is 6.07 Å². The molecule has 5 nitrogen and oxygen atoms in total. The van der Waals surface area contributed by atoms with Crippen LogP contribution in [0.2, 0.25) is 0 Å². The molecule has 0 atom stereocenters. The maximum Gasteiger partial charge on any atom is 0.226 e. The van der Waals surface area contributed by atoms with Gasteiger partial charge in [0.15, 0.2) is 0 Å². The van der Waals surface area contributed by atoms with Crippen LogP contribution in [0, 0.1) is 0 Å². The molecule has 0 saturated carbocycles. The van der Waals surface area contributed by atoms with E-state index in [4.69, 9.17) is 0 Å². The van der Waals surface area contributed by atoms with E-state index in [-0.39, 0.29) is 0 Å². The summed E-state index contributed by atoms with van der Waals surface area (Å²) in [6, 6.07) is 5.79. The van der Waals surface area contributed by atoms with Crippen molar-refractivity contribution in [3.8, 4) is 0 Å². The van der Waals surface area contributed by atoms with Crippen LogP contribution in [0.1, 0.15) is 5.56 Å². The molecule has 0 saturated heterocycles. The lowest BCUT2D eigenvalue weighted by atomic mass is 10.3. The van der Waals surface area contributed by atoms with E-state index in [1.807, 2.05) is 43.4 Å². The normalized spacial score (nSPS) is 10.0. The van der Waals surface area contributed by atoms with E-state index in [0.29, 0.717) is 12.5 Å². The Labute approximate surface area is 101 Å². The molecule has 0 fully saturated rings. The SMILES string of the molecule is CN(C)c1nccc(NCc2cccnc2)n1. The van der Waals surface area contributed by atoms with E-state index < -0.39 is 0 Å². The van der Waals surface area contributed by atoms with Gasteiger partial charge in [-0.25, -0.2) is 4.98 Å². The molecule has 2 rings (SSSR count). The quantitative estimate of drug-likeness (QED) is 0.862. The zero-order valence-electron chi connectivity index (χ0n) is 9.96. The van der Waals surface area contributed by atoms with Gasteiger partial charge >= 0.3 is 0 Å². The first-order chi connectivity index (χ1) is 8.25. The molecule has 1 N–H and O–H groups in total. The van der Waals surface area contributed by atoms with Gasteiger partial charge in [0.05, 0.1) is 0 Å². The molecule has 0 radical (unpaired) electrons. The van der Waals surface area contributed by atoms with Crippen LogP contribution in [-0.2, 0) is 6.54 Å². The Morgan fingerprint density at radius 1 is 1.24 bits per heavy atom. The molecular weight excluding hydrogens is 214 g/mol. The van der Waals surface area contributed by atoms with Gasteiger partial charge in [-0.3, -0.25) is 4.98 Å². The van der Waals surface area contributed by atoms with Crippen molar-refractivity contribution in [3.05, 3.63) is 42.4 Å². The Morgan fingerprint density at radius 2 is 2.12 bits per heavy atom. The van der Waals surface area contributed by atoms with E-state index >= 15 is 0 Å². The molecule has 0 spiro atoms. The van der Waals surface area contributed by atoms with Gasteiger partial charge < -0.3 is 10.2 Å². The molecule has 0 aliphatic heterocycles. The Bertz CT molecular complexity index is 469. The molecule has 0 aliphatic carbocycles. The van der Waals surface area contributed by atoms with E-state index in [1.165, 1.54) is 0 Å². The third-order valence-electron chi connectivity index (χ3n) is 2.24. The van der Waals surface area contributed by atoms with Gasteiger partial charge in [0.2, 0.25) is 5.95 Å². The standard InChI is InChI=1S/C12H15N5/c1-17(2)12-14-7-5-11(16-12)15-9-10-4-3-6-13-8-10/h3-8H,9H2,1-2H3,(H,14,15,16). The molecular formula is C12H15N5. The largest absolute Gasteiger partial charge is 0.366 e. The predicted molar refractivity (Wildman–Crippen MR) is 67.9 cm³/mol. The molecule has 0 aliphatic rings. The molecule has 17 heavy (non-hydrogen) atoms. The molecule has 0 bridgehead atoms. The number of rotatable bonds is 4. The summed E-state index contributed by atoms with van der Waals surface area (Å²) in [5.74, 6) is 1.51. The highest BCUT2D eigenvalue weighted by molar-refractivity contribution is 5.40. The Kier molecular flexibility index (Phi) is 3.49. The van der Waals surface area contributed by atoms with Crippen molar-refractivity contribution in [2.75, 3.05) is 24.3 Å². The fourth-order valence-corrected chi connectivity index (χ4v) is 1.36. The Morgan fingerprint density at radius 3 is 2.82 bits per heavy atom. The lowest BCUT2D eigenvalue weighted by molar-refractivity contribution is 0.986. The first kappa shape index (κ1) is 11.3. The van der Waals surface area contributed by atoms with Gasteiger partial charge in [0.25, 0.3) is 0 Å². The number of aromatic nitrogens is 3. The molecule has 88 valence electrons. The number of nitrogens with one attached hydrogen (secondary N) is 1. The second-order valence-electron chi connectivity index (χ2n) is 3.85. The van der Waals surface area contributed by atoms with Crippen LogP contribution in [0.5, 0.6) is 0 Å². The summed E-state index contributed by atoms with van der Waals surface area (Å²) in [4.78, 5) is 14.5. The summed E-state index contributed by atoms with van der Waals surface area (Å²) in [7, 11) is 3.83. The first-order valence-corrected chi connectivity index (χ1v) is 5.39. The van der Waals surface area contributed by atoms with E-state index in [2.05, 4.69) is 20.3 Å². The lowest BCUT2D eigenvalue weighted by Gasteiger charge is -2.11. The number of anilines is 2.